The third-order valence-electron chi connectivity index (χ3n) is 2.34. The first-order valence-electron chi connectivity index (χ1n) is 5.35. The molecule has 0 fully saturated rings. The Morgan fingerprint density at radius 2 is 1.11 bits per heavy atom. The van der Waals surface area contributed by atoms with E-state index in [1.165, 1.54) is 22.1 Å². The van der Waals surface area contributed by atoms with Gasteiger partial charge in [0.15, 0.2) is 0 Å². The van der Waals surface area contributed by atoms with Crippen LogP contribution in [0.25, 0.3) is 0 Å². The van der Waals surface area contributed by atoms with Crippen molar-refractivity contribution in [2.75, 3.05) is 11.5 Å². The summed E-state index contributed by atoms with van der Waals surface area (Å²) in [6.07, 6.45) is 0. The maximum atomic E-state index is 2.10. The minimum atomic E-state index is 0.764. The number of thioether (sulfide) groups is 6. The molecule has 96 valence electrons. The van der Waals surface area contributed by atoms with Crippen LogP contribution in [0.3, 0.4) is 0 Å². The van der Waals surface area contributed by atoms with E-state index in [0.29, 0.717) is 0 Å². The molecule has 0 nitrogen and oxygen atoms in total. The fourth-order valence-electron chi connectivity index (χ4n) is 1.60. The van der Waals surface area contributed by atoms with E-state index >= 15 is 0 Å². The Hall–Kier alpha value is 2.36. The molecule has 0 N–H and O–H groups in total. The molecule has 0 bridgehead atoms. The van der Waals surface area contributed by atoms with E-state index < -0.39 is 0 Å². The summed E-state index contributed by atoms with van der Waals surface area (Å²) in [6, 6.07) is 0. The average Bonchev–Trinajstić information content (AvgIpc) is 3.02. The van der Waals surface area contributed by atoms with Crippen molar-refractivity contribution >= 4 is 100 Å². The molecule has 0 aromatic carbocycles. The zero-order valence-electron chi connectivity index (χ0n) is 9.09. The molecule has 0 spiro atoms. The standard InChI is InChI=1S/C10H8S6Se2/c1-3-17-9-7(11-1)13-5(15-9)6-14-8-10(16-6)18-4-2-12-8/h1-4H2/b6-5-. The van der Waals surface area contributed by atoms with Gasteiger partial charge in [-0.2, -0.15) is 0 Å². The summed E-state index contributed by atoms with van der Waals surface area (Å²) >= 11 is 14.0. The van der Waals surface area contributed by atoms with Crippen molar-refractivity contribution in [2.24, 2.45) is 0 Å². The second kappa shape index (κ2) is 6.23. The Labute approximate surface area is 145 Å². The van der Waals surface area contributed by atoms with Gasteiger partial charge in [-0.15, -0.1) is 0 Å². The molecule has 4 aliphatic rings. The van der Waals surface area contributed by atoms with Gasteiger partial charge in [0.25, 0.3) is 0 Å². The molecule has 4 aliphatic heterocycles. The van der Waals surface area contributed by atoms with E-state index in [4.69, 9.17) is 0 Å². The molecule has 0 aliphatic carbocycles. The quantitative estimate of drug-likeness (QED) is 0.443. The molecule has 18 heavy (non-hydrogen) atoms. The molecular weight excluding hydrogens is 470 g/mol. The SMILES string of the molecule is C1C[Se]C2=C(S1)S/C(=C1\SC3=C(S1)[Se]CCS3)S2. The Bertz CT molecular complexity index is 411. The minimum absolute atomic E-state index is 0.764. The first kappa shape index (κ1) is 14.0. The molecule has 4 rings (SSSR count). The normalized spacial score (nSPS) is 32.0. The molecule has 0 aromatic rings. The van der Waals surface area contributed by atoms with Gasteiger partial charge in [-0.3, -0.25) is 0 Å². The van der Waals surface area contributed by atoms with E-state index in [0.717, 1.165) is 29.9 Å². The summed E-state index contributed by atoms with van der Waals surface area (Å²) in [6.45, 7) is 0. The second-order valence-corrected chi connectivity index (χ2v) is 16.7. The Morgan fingerprint density at radius 3 is 1.56 bits per heavy atom. The van der Waals surface area contributed by atoms with Gasteiger partial charge in [-0.05, 0) is 0 Å². The third-order valence-corrected chi connectivity index (χ3v) is 18.7. The van der Waals surface area contributed by atoms with Crippen molar-refractivity contribution in [1.82, 2.24) is 0 Å². The fourth-order valence-corrected chi connectivity index (χ4v) is 18.5. The van der Waals surface area contributed by atoms with E-state index in [9.17, 15) is 0 Å². The van der Waals surface area contributed by atoms with Gasteiger partial charge in [0.05, 0.1) is 0 Å². The van der Waals surface area contributed by atoms with E-state index in [2.05, 4.69) is 70.6 Å². The number of hydrogen-bond acceptors (Lipinski definition) is 6. The van der Waals surface area contributed by atoms with Crippen molar-refractivity contribution in [2.45, 2.75) is 10.6 Å². The van der Waals surface area contributed by atoms with Crippen molar-refractivity contribution in [1.29, 1.82) is 0 Å². The van der Waals surface area contributed by atoms with Crippen LogP contribution in [0, 0.1) is 0 Å². The predicted molar refractivity (Wildman–Crippen MR) is 97.5 cm³/mol. The van der Waals surface area contributed by atoms with Gasteiger partial charge in [-0.1, -0.05) is 0 Å². The van der Waals surface area contributed by atoms with Crippen LogP contribution in [0.2, 0.25) is 10.6 Å². The molecular formula is C10H8S6Se2. The molecule has 8 heteroatoms. The third kappa shape index (κ3) is 2.81. The summed E-state index contributed by atoms with van der Waals surface area (Å²) in [5, 5.41) is 2.86. The summed E-state index contributed by atoms with van der Waals surface area (Å²) in [4.78, 5) is 0. The first-order valence-corrected chi connectivity index (χ1v) is 14.7. The summed E-state index contributed by atoms with van der Waals surface area (Å²) < 4.78 is 9.90. The monoisotopic (exact) mass is 480 g/mol. The van der Waals surface area contributed by atoms with E-state index in [-0.39, 0.29) is 0 Å². The molecule has 0 unspecified atom stereocenters. The van der Waals surface area contributed by atoms with E-state index in [1.54, 1.807) is 24.6 Å². The van der Waals surface area contributed by atoms with Crippen molar-refractivity contribution < 1.29 is 0 Å². The Balaban J connectivity index is 1.54. The average molecular weight is 478 g/mol. The van der Waals surface area contributed by atoms with Crippen LogP contribution in [0.5, 0.6) is 0 Å². The summed E-state index contributed by atoms with van der Waals surface area (Å²) in [5.41, 5.74) is 0. The van der Waals surface area contributed by atoms with E-state index in [1.807, 2.05) is 0 Å². The van der Waals surface area contributed by atoms with Gasteiger partial charge in [0, 0.05) is 0 Å². The molecule has 0 atom stereocenters. The first-order chi connectivity index (χ1) is 8.90. The van der Waals surface area contributed by atoms with Crippen molar-refractivity contribution in [3.05, 3.63) is 24.6 Å². The van der Waals surface area contributed by atoms with Crippen LogP contribution in [0.15, 0.2) is 24.6 Å². The molecule has 0 amide bonds. The van der Waals surface area contributed by atoms with Gasteiger partial charge in [-0.25, -0.2) is 0 Å². The number of hydrogen-bond donors (Lipinski definition) is 0. The van der Waals surface area contributed by atoms with Crippen LogP contribution >= 0.6 is 70.6 Å². The summed E-state index contributed by atoms with van der Waals surface area (Å²) in [7, 11) is 0. The Morgan fingerprint density at radius 1 is 0.611 bits per heavy atom. The predicted octanol–water partition coefficient (Wildman–Crippen LogP) is 5.06. The van der Waals surface area contributed by atoms with Gasteiger partial charge in [0.2, 0.25) is 0 Å². The zero-order chi connectivity index (χ0) is 11.9. The van der Waals surface area contributed by atoms with Crippen LogP contribution in [-0.4, -0.2) is 41.4 Å². The molecule has 0 aromatic heterocycles. The van der Waals surface area contributed by atoms with Crippen LogP contribution in [-0.2, 0) is 0 Å². The summed E-state index contributed by atoms with van der Waals surface area (Å²) in [5.74, 6) is 2.70. The van der Waals surface area contributed by atoms with Crippen molar-refractivity contribution in [3.63, 3.8) is 0 Å². The molecule has 0 radical (unpaired) electrons. The molecule has 0 saturated carbocycles. The number of rotatable bonds is 0. The molecule has 0 saturated heterocycles. The van der Waals surface area contributed by atoms with Crippen LogP contribution in [0.1, 0.15) is 0 Å². The zero-order valence-corrected chi connectivity index (χ0v) is 17.4. The topological polar surface area (TPSA) is 0 Å². The van der Waals surface area contributed by atoms with Crippen molar-refractivity contribution in [3.8, 4) is 0 Å². The van der Waals surface area contributed by atoms with Crippen LogP contribution < -0.4 is 0 Å². The molecule has 4 heterocycles. The van der Waals surface area contributed by atoms with Gasteiger partial charge in [0.1, 0.15) is 0 Å². The second-order valence-electron chi connectivity index (χ2n) is 3.53. The van der Waals surface area contributed by atoms with Gasteiger partial charge >= 0.3 is 147 Å². The van der Waals surface area contributed by atoms with Gasteiger partial charge < -0.3 is 0 Å². The Kier molecular flexibility index (Phi) is 4.84. The maximum absolute atomic E-state index is 2.10. The van der Waals surface area contributed by atoms with Crippen LogP contribution in [0.4, 0.5) is 0 Å². The fraction of sp³-hybridized carbons (Fsp3) is 0.400.